The molecule has 0 heterocycles. The lowest BCUT2D eigenvalue weighted by Gasteiger charge is -2.10. The molecule has 0 aliphatic heterocycles. The van der Waals surface area contributed by atoms with Crippen molar-refractivity contribution >= 4 is 5.57 Å². The summed E-state index contributed by atoms with van der Waals surface area (Å²) in [5.74, 6) is 1.10. The number of phenols is 1. The number of benzene rings is 2. The van der Waals surface area contributed by atoms with E-state index in [0.29, 0.717) is 13.2 Å². The molecular weight excluding hydrogens is 334 g/mol. The summed E-state index contributed by atoms with van der Waals surface area (Å²) in [6.07, 6.45) is 12.1. The molecule has 2 aromatic carbocycles. The monoisotopic (exact) mass is 367 g/mol. The first-order valence-electron chi connectivity index (χ1n) is 10.2. The molecule has 1 aliphatic rings. The van der Waals surface area contributed by atoms with Gasteiger partial charge in [0, 0.05) is 6.54 Å². The molecule has 0 atom stereocenters. The molecule has 27 heavy (non-hydrogen) atoms. The Morgan fingerprint density at radius 3 is 1.81 bits per heavy atom. The molecule has 0 amide bonds. The van der Waals surface area contributed by atoms with Gasteiger partial charge >= 0.3 is 0 Å². The highest BCUT2D eigenvalue weighted by molar-refractivity contribution is 5.80. The third kappa shape index (κ3) is 7.48. The third-order valence-corrected chi connectivity index (χ3v) is 4.64. The van der Waals surface area contributed by atoms with E-state index in [1.165, 1.54) is 38.5 Å². The number of aromatic hydroxyl groups is 1. The zero-order valence-corrected chi connectivity index (χ0v) is 16.5. The Bertz CT molecular complexity index is 659. The first-order valence-corrected chi connectivity index (χ1v) is 10.2. The van der Waals surface area contributed by atoms with Crippen molar-refractivity contribution in [2.75, 3.05) is 13.2 Å². The Morgan fingerprint density at radius 1 is 0.889 bits per heavy atom. The van der Waals surface area contributed by atoms with Gasteiger partial charge in [-0.3, -0.25) is 0 Å². The summed E-state index contributed by atoms with van der Waals surface area (Å²) in [5, 5.41) is 9.41. The second-order valence-electron chi connectivity index (χ2n) is 6.86. The topological polar surface area (TPSA) is 55.5 Å². The van der Waals surface area contributed by atoms with Gasteiger partial charge in [0.25, 0.3) is 0 Å². The molecule has 0 unspecified atom stereocenters. The maximum Gasteiger partial charge on any atom is 0.119 e. The highest BCUT2D eigenvalue weighted by Gasteiger charge is 2.05. The first kappa shape index (κ1) is 21.0. The van der Waals surface area contributed by atoms with Crippen LogP contribution in [-0.2, 0) is 0 Å². The standard InChI is InChI=1S/C18H21NO2.C6H12/c1-2-3-18(14-4-8-16(20)9-5-14)15-6-10-17(11-7-15)21-13-12-19;1-2-4-6-5-3-1/h3-11,20H,2,12-13,19H2,1H3;1-6H2/b18-3+;. The van der Waals surface area contributed by atoms with Gasteiger partial charge in [0.05, 0.1) is 0 Å². The maximum absolute atomic E-state index is 9.41. The van der Waals surface area contributed by atoms with E-state index in [4.69, 9.17) is 10.5 Å². The molecule has 0 spiro atoms. The van der Waals surface area contributed by atoms with Crippen LogP contribution in [0.1, 0.15) is 63.0 Å². The molecule has 1 fully saturated rings. The average molecular weight is 368 g/mol. The summed E-state index contributed by atoms with van der Waals surface area (Å²) in [6.45, 7) is 3.14. The van der Waals surface area contributed by atoms with Crippen molar-refractivity contribution in [3.63, 3.8) is 0 Å². The molecule has 3 N–H and O–H groups in total. The molecule has 3 nitrogen and oxygen atoms in total. The number of nitrogens with two attached hydrogens (primary N) is 1. The summed E-state index contributed by atoms with van der Waals surface area (Å²) in [7, 11) is 0. The van der Waals surface area contributed by atoms with E-state index in [1.807, 2.05) is 36.4 Å². The number of hydrogen-bond acceptors (Lipinski definition) is 3. The van der Waals surface area contributed by atoms with E-state index in [-0.39, 0.29) is 5.75 Å². The van der Waals surface area contributed by atoms with Gasteiger partial charge in [-0.05, 0) is 47.4 Å². The van der Waals surface area contributed by atoms with Crippen LogP contribution < -0.4 is 10.5 Å². The van der Waals surface area contributed by atoms with Crippen molar-refractivity contribution in [3.05, 3.63) is 65.7 Å². The lowest BCUT2D eigenvalue weighted by Crippen LogP contribution is -2.10. The summed E-state index contributed by atoms with van der Waals surface area (Å²) in [4.78, 5) is 0. The smallest absolute Gasteiger partial charge is 0.119 e. The Hall–Kier alpha value is -2.26. The van der Waals surface area contributed by atoms with Gasteiger partial charge in [-0.25, -0.2) is 0 Å². The lowest BCUT2D eigenvalue weighted by atomic mass is 9.97. The van der Waals surface area contributed by atoms with Crippen LogP contribution in [0.2, 0.25) is 0 Å². The maximum atomic E-state index is 9.41. The van der Waals surface area contributed by atoms with E-state index in [2.05, 4.69) is 13.0 Å². The van der Waals surface area contributed by atoms with Crippen molar-refractivity contribution < 1.29 is 9.84 Å². The lowest BCUT2D eigenvalue weighted by molar-refractivity contribution is 0.328. The summed E-state index contributed by atoms with van der Waals surface area (Å²) in [6, 6.07) is 15.3. The van der Waals surface area contributed by atoms with Crippen molar-refractivity contribution in [2.24, 2.45) is 5.73 Å². The van der Waals surface area contributed by atoms with Crippen molar-refractivity contribution in [1.82, 2.24) is 0 Å². The Balaban J connectivity index is 0.000000369. The third-order valence-electron chi connectivity index (χ3n) is 4.64. The molecule has 1 saturated carbocycles. The number of allylic oxidation sites excluding steroid dienone is 1. The number of phenolic OH excluding ortho intramolecular Hbond substituents is 1. The molecular formula is C24H33NO2. The van der Waals surface area contributed by atoms with Gasteiger partial charge in [-0.2, -0.15) is 0 Å². The summed E-state index contributed by atoms with van der Waals surface area (Å²) < 4.78 is 5.49. The summed E-state index contributed by atoms with van der Waals surface area (Å²) in [5.41, 5.74) is 8.80. The van der Waals surface area contributed by atoms with E-state index < -0.39 is 0 Å². The fraction of sp³-hybridized carbons (Fsp3) is 0.417. The van der Waals surface area contributed by atoms with Crippen LogP contribution >= 0.6 is 0 Å². The van der Waals surface area contributed by atoms with E-state index in [9.17, 15) is 5.11 Å². The largest absolute Gasteiger partial charge is 0.508 e. The predicted octanol–water partition coefficient (Wildman–Crippen LogP) is 5.91. The van der Waals surface area contributed by atoms with Gasteiger partial charge in [0.1, 0.15) is 18.1 Å². The van der Waals surface area contributed by atoms with Gasteiger partial charge in [-0.15, -0.1) is 0 Å². The Morgan fingerprint density at radius 2 is 1.37 bits per heavy atom. The Labute approximate surface area is 163 Å². The number of hydrogen-bond donors (Lipinski definition) is 2. The van der Waals surface area contributed by atoms with Crippen LogP contribution in [0.5, 0.6) is 11.5 Å². The van der Waals surface area contributed by atoms with E-state index >= 15 is 0 Å². The zero-order chi connectivity index (χ0) is 19.3. The van der Waals surface area contributed by atoms with Crippen LogP contribution in [0.25, 0.3) is 5.57 Å². The molecule has 0 aromatic heterocycles. The minimum Gasteiger partial charge on any atom is -0.508 e. The average Bonchev–Trinajstić information content (AvgIpc) is 2.73. The van der Waals surface area contributed by atoms with Gasteiger partial charge in [0.2, 0.25) is 0 Å². The molecule has 0 bridgehead atoms. The zero-order valence-electron chi connectivity index (χ0n) is 16.5. The molecule has 146 valence electrons. The summed E-state index contributed by atoms with van der Waals surface area (Å²) >= 11 is 0. The normalized spacial score (nSPS) is 14.2. The quantitative estimate of drug-likeness (QED) is 0.667. The van der Waals surface area contributed by atoms with Crippen LogP contribution in [0.15, 0.2) is 54.6 Å². The Kier molecular flexibility index (Phi) is 9.50. The number of ether oxygens (including phenoxy) is 1. The molecule has 2 aromatic rings. The van der Waals surface area contributed by atoms with Gasteiger partial charge in [-0.1, -0.05) is 75.8 Å². The van der Waals surface area contributed by atoms with Crippen LogP contribution in [0.3, 0.4) is 0 Å². The highest BCUT2D eigenvalue weighted by Crippen LogP contribution is 2.27. The van der Waals surface area contributed by atoms with E-state index in [0.717, 1.165) is 28.9 Å². The SMILES string of the molecule is C1CCCCC1.CC/C=C(\c1ccc(O)cc1)c1ccc(OCCN)cc1. The molecule has 3 heteroatoms. The second-order valence-corrected chi connectivity index (χ2v) is 6.86. The van der Waals surface area contributed by atoms with Crippen molar-refractivity contribution in [2.45, 2.75) is 51.9 Å². The molecule has 0 radical (unpaired) electrons. The van der Waals surface area contributed by atoms with Crippen LogP contribution in [0, 0.1) is 0 Å². The minimum absolute atomic E-state index is 0.278. The number of rotatable bonds is 6. The molecule has 0 saturated heterocycles. The van der Waals surface area contributed by atoms with E-state index in [1.54, 1.807) is 12.1 Å². The fourth-order valence-electron chi connectivity index (χ4n) is 3.22. The van der Waals surface area contributed by atoms with Crippen LogP contribution in [-0.4, -0.2) is 18.3 Å². The molecule has 3 rings (SSSR count). The van der Waals surface area contributed by atoms with Crippen LogP contribution in [0.4, 0.5) is 0 Å². The van der Waals surface area contributed by atoms with Gasteiger partial charge < -0.3 is 15.6 Å². The van der Waals surface area contributed by atoms with Gasteiger partial charge in [0.15, 0.2) is 0 Å². The second kappa shape index (κ2) is 12.2. The predicted molar refractivity (Wildman–Crippen MR) is 114 cm³/mol. The highest BCUT2D eigenvalue weighted by atomic mass is 16.5. The minimum atomic E-state index is 0.278. The fourth-order valence-corrected chi connectivity index (χ4v) is 3.22. The van der Waals surface area contributed by atoms with Crippen molar-refractivity contribution in [3.8, 4) is 11.5 Å². The molecule has 1 aliphatic carbocycles. The first-order chi connectivity index (χ1) is 13.2. The van der Waals surface area contributed by atoms with Crippen molar-refractivity contribution in [1.29, 1.82) is 0 Å².